The zero-order valence-electron chi connectivity index (χ0n) is 16.9. The Morgan fingerprint density at radius 1 is 1.19 bits per heavy atom. The van der Waals surface area contributed by atoms with Crippen LogP contribution in [0.15, 0.2) is 55.0 Å². The van der Waals surface area contributed by atoms with Gasteiger partial charge in [-0.05, 0) is 31.2 Å². The summed E-state index contributed by atoms with van der Waals surface area (Å²) in [5, 5.41) is 13.2. The van der Waals surface area contributed by atoms with E-state index in [-0.39, 0.29) is 12.3 Å². The monoisotopic (exact) mass is 412 g/mol. The molecule has 0 spiro atoms. The lowest BCUT2D eigenvalue weighted by Crippen LogP contribution is -2.32. The van der Waals surface area contributed by atoms with Gasteiger partial charge < -0.3 is 10.6 Å². The average molecular weight is 412 g/mol. The van der Waals surface area contributed by atoms with E-state index in [1.54, 1.807) is 46.2 Å². The first kappa shape index (κ1) is 20.0. The Balaban J connectivity index is 1.69. The molecule has 4 heterocycles. The van der Waals surface area contributed by atoms with E-state index in [0.29, 0.717) is 52.8 Å². The van der Waals surface area contributed by atoms with Gasteiger partial charge in [0.25, 0.3) is 5.91 Å². The summed E-state index contributed by atoms with van der Waals surface area (Å²) >= 11 is 0. The molecule has 0 fully saturated rings. The number of pyridine rings is 2. The second-order valence-corrected chi connectivity index (χ2v) is 6.79. The van der Waals surface area contributed by atoms with E-state index in [1.807, 2.05) is 25.1 Å². The summed E-state index contributed by atoms with van der Waals surface area (Å²) in [6.45, 7) is 2.75. The first-order valence-corrected chi connectivity index (χ1v) is 9.81. The third-order valence-corrected chi connectivity index (χ3v) is 4.85. The van der Waals surface area contributed by atoms with Crippen LogP contribution >= 0.6 is 0 Å². The van der Waals surface area contributed by atoms with Gasteiger partial charge in [0, 0.05) is 37.2 Å². The lowest BCUT2D eigenvalue weighted by molar-refractivity contribution is 0.0762. The number of anilines is 1. The minimum atomic E-state index is -0.214. The number of rotatable bonds is 6. The van der Waals surface area contributed by atoms with E-state index < -0.39 is 0 Å². The normalized spacial score (nSPS) is 10.7. The fraction of sp³-hybridized carbons (Fsp3) is 0.182. The van der Waals surface area contributed by atoms with Crippen molar-refractivity contribution < 1.29 is 4.79 Å². The van der Waals surface area contributed by atoms with Gasteiger partial charge in [-0.25, -0.2) is 14.5 Å². The van der Waals surface area contributed by atoms with Crippen molar-refractivity contribution in [1.29, 1.82) is 5.26 Å². The summed E-state index contributed by atoms with van der Waals surface area (Å²) in [7, 11) is 0. The van der Waals surface area contributed by atoms with Gasteiger partial charge in [0.1, 0.15) is 5.69 Å². The zero-order valence-corrected chi connectivity index (χ0v) is 16.9. The van der Waals surface area contributed by atoms with Crippen LogP contribution < -0.4 is 5.73 Å². The van der Waals surface area contributed by atoms with Crippen molar-refractivity contribution in [3.05, 3.63) is 60.7 Å². The van der Waals surface area contributed by atoms with Crippen molar-refractivity contribution in [3.8, 4) is 28.6 Å². The maximum Gasteiger partial charge on any atom is 0.272 e. The maximum absolute atomic E-state index is 12.8. The highest BCUT2D eigenvalue weighted by molar-refractivity contribution is 5.93. The number of aromatic nitrogens is 5. The number of carbonyl (C=O) groups is 1. The van der Waals surface area contributed by atoms with Gasteiger partial charge in [0.05, 0.1) is 29.4 Å². The number of hydrogen-bond acceptors (Lipinski definition) is 7. The van der Waals surface area contributed by atoms with Gasteiger partial charge in [0.15, 0.2) is 11.5 Å². The van der Waals surface area contributed by atoms with Crippen LogP contribution in [0.3, 0.4) is 0 Å². The second kappa shape index (κ2) is 8.59. The minimum Gasteiger partial charge on any atom is -0.382 e. The number of hydrogen-bond donors (Lipinski definition) is 1. The summed E-state index contributed by atoms with van der Waals surface area (Å²) in [5.74, 6) is 0.116. The summed E-state index contributed by atoms with van der Waals surface area (Å²) in [4.78, 5) is 27.8. The molecule has 0 aliphatic carbocycles. The van der Waals surface area contributed by atoms with Crippen LogP contribution in [0.25, 0.3) is 28.2 Å². The summed E-state index contributed by atoms with van der Waals surface area (Å²) in [6, 6.07) is 12.9. The number of carbonyl (C=O) groups excluding carboxylic acids is 1. The molecular formula is C22H20N8O. The summed E-state index contributed by atoms with van der Waals surface area (Å²) in [5.41, 5.74) is 9.66. The third-order valence-electron chi connectivity index (χ3n) is 4.85. The van der Waals surface area contributed by atoms with Crippen LogP contribution in [-0.4, -0.2) is 48.5 Å². The van der Waals surface area contributed by atoms with Crippen molar-refractivity contribution >= 4 is 17.4 Å². The first-order valence-electron chi connectivity index (χ1n) is 9.81. The molecule has 2 N–H and O–H groups in total. The Hall–Kier alpha value is -4.32. The Kier molecular flexibility index (Phi) is 5.53. The van der Waals surface area contributed by atoms with E-state index in [4.69, 9.17) is 11.0 Å². The Morgan fingerprint density at radius 2 is 2.03 bits per heavy atom. The number of fused-ring (bicyclic) bond motifs is 1. The van der Waals surface area contributed by atoms with Gasteiger partial charge >= 0.3 is 0 Å². The molecule has 0 aromatic carbocycles. The van der Waals surface area contributed by atoms with E-state index >= 15 is 0 Å². The second-order valence-electron chi connectivity index (χ2n) is 6.79. The highest BCUT2D eigenvalue weighted by Crippen LogP contribution is 2.28. The molecule has 0 aliphatic heterocycles. The molecule has 31 heavy (non-hydrogen) atoms. The molecule has 0 unspecified atom stereocenters. The van der Waals surface area contributed by atoms with E-state index in [9.17, 15) is 4.79 Å². The van der Waals surface area contributed by atoms with Crippen LogP contribution in [-0.2, 0) is 0 Å². The van der Waals surface area contributed by atoms with Crippen molar-refractivity contribution in [2.75, 3.05) is 18.8 Å². The topological polar surface area (TPSA) is 126 Å². The molecule has 0 atom stereocenters. The van der Waals surface area contributed by atoms with Crippen LogP contribution in [0.1, 0.15) is 23.8 Å². The number of nitrogen functional groups attached to an aromatic ring is 1. The molecule has 0 saturated carbocycles. The van der Waals surface area contributed by atoms with Gasteiger partial charge in [-0.1, -0.05) is 12.1 Å². The fourth-order valence-corrected chi connectivity index (χ4v) is 3.31. The Labute approximate surface area is 178 Å². The Morgan fingerprint density at radius 3 is 2.77 bits per heavy atom. The van der Waals surface area contributed by atoms with Gasteiger partial charge in [-0.15, -0.1) is 5.10 Å². The average Bonchev–Trinajstić information content (AvgIpc) is 3.15. The Bertz CT molecular complexity index is 1280. The van der Waals surface area contributed by atoms with E-state index in [2.05, 4.69) is 26.1 Å². The molecule has 154 valence electrons. The lowest BCUT2D eigenvalue weighted by Gasteiger charge is -2.19. The van der Waals surface area contributed by atoms with Gasteiger partial charge in [-0.2, -0.15) is 5.26 Å². The molecule has 0 bridgehead atoms. The quantitative estimate of drug-likeness (QED) is 0.516. The summed E-state index contributed by atoms with van der Waals surface area (Å²) in [6.07, 6.45) is 5.41. The molecule has 0 aliphatic rings. The predicted octanol–water partition coefficient (Wildman–Crippen LogP) is 2.81. The number of nitrogens with zero attached hydrogens (tertiary/aromatic N) is 7. The number of nitriles is 1. The molecule has 9 heteroatoms. The lowest BCUT2D eigenvalue weighted by atomic mass is 10.2. The van der Waals surface area contributed by atoms with E-state index in [1.165, 1.54) is 0 Å². The van der Waals surface area contributed by atoms with Crippen LogP contribution in [0, 0.1) is 11.3 Å². The molecule has 0 saturated heterocycles. The molecule has 4 aromatic heterocycles. The molecule has 9 nitrogen and oxygen atoms in total. The third kappa shape index (κ3) is 3.91. The van der Waals surface area contributed by atoms with E-state index in [0.717, 1.165) is 0 Å². The maximum atomic E-state index is 12.8. The first-order chi connectivity index (χ1) is 15.1. The smallest absolute Gasteiger partial charge is 0.272 e. The van der Waals surface area contributed by atoms with Crippen molar-refractivity contribution in [2.45, 2.75) is 13.3 Å². The minimum absolute atomic E-state index is 0.214. The predicted molar refractivity (Wildman–Crippen MR) is 116 cm³/mol. The van der Waals surface area contributed by atoms with Gasteiger partial charge in [0.2, 0.25) is 0 Å². The van der Waals surface area contributed by atoms with Crippen LogP contribution in [0.4, 0.5) is 5.82 Å². The highest BCUT2D eigenvalue weighted by Gasteiger charge is 2.18. The molecule has 1 amide bonds. The SMILES string of the molecule is CCN(CCC#N)C(=O)c1cccc(-c2cnc3c(-c4ccccn4)c(N)nn3c2)n1. The summed E-state index contributed by atoms with van der Waals surface area (Å²) < 4.78 is 1.59. The highest BCUT2D eigenvalue weighted by atomic mass is 16.2. The van der Waals surface area contributed by atoms with Gasteiger partial charge in [-0.3, -0.25) is 9.78 Å². The van der Waals surface area contributed by atoms with Crippen LogP contribution in [0.5, 0.6) is 0 Å². The largest absolute Gasteiger partial charge is 0.382 e. The van der Waals surface area contributed by atoms with Crippen molar-refractivity contribution in [1.82, 2.24) is 29.5 Å². The number of nitrogens with two attached hydrogens (primary N) is 1. The molecule has 4 aromatic rings. The van der Waals surface area contributed by atoms with Crippen molar-refractivity contribution in [2.24, 2.45) is 0 Å². The molecule has 0 radical (unpaired) electrons. The van der Waals surface area contributed by atoms with Crippen molar-refractivity contribution in [3.63, 3.8) is 0 Å². The fourth-order valence-electron chi connectivity index (χ4n) is 3.31. The van der Waals surface area contributed by atoms with Crippen LogP contribution in [0.2, 0.25) is 0 Å². The number of amides is 1. The standard InChI is InChI=1S/C22H20N8O/c1-2-29(12-6-10-23)22(31)18-9-5-8-16(27-18)15-13-26-21-19(17-7-3-4-11-25-17)20(24)28-30(21)14-15/h3-5,7-9,11,13-14H,2,6,12H2,1H3,(H2,24,28). The molecular weight excluding hydrogens is 392 g/mol. The molecule has 4 rings (SSSR count). The zero-order chi connectivity index (χ0) is 21.8.